The molecule has 1 amide bonds. The SMILES string of the molecule is CN1C(=O)c2ccccc2N(C)[C@H]1c1ccn(-c2ccc(Br)cc2)c1. The average Bonchev–Trinajstić information content (AvgIpc) is 3.10. The summed E-state index contributed by atoms with van der Waals surface area (Å²) in [6.45, 7) is 0. The molecule has 0 radical (unpaired) electrons. The number of anilines is 1. The van der Waals surface area contributed by atoms with E-state index < -0.39 is 0 Å². The van der Waals surface area contributed by atoms with E-state index in [0.717, 1.165) is 27.0 Å². The summed E-state index contributed by atoms with van der Waals surface area (Å²) in [4.78, 5) is 16.7. The van der Waals surface area contributed by atoms with E-state index in [9.17, 15) is 4.79 Å². The second-order valence-corrected chi connectivity index (χ2v) is 7.16. The number of para-hydroxylation sites is 1. The van der Waals surface area contributed by atoms with Gasteiger partial charge in [0.05, 0.1) is 11.3 Å². The zero-order chi connectivity index (χ0) is 17.6. The number of benzene rings is 2. The maximum atomic E-state index is 12.7. The van der Waals surface area contributed by atoms with Crippen LogP contribution in [0.2, 0.25) is 0 Å². The molecule has 0 saturated carbocycles. The summed E-state index contributed by atoms with van der Waals surface area (Å²) in [5.41, 5.74) is 3.88. The van der Waals surface area contributed by atoms with E-state index in [4.69, 9.17) is 0 Å². The van der Waals surface area contributed by atoms with Gasteiger partial charge in [0, 0.05) is 42.2 Å². The van der Waals surface area contributed by atoms with Crippen LogP contribution in [0.15, 0.2) is 71.5 Å². The summed E-state index contributed by atoms with van der Waals surface area (Å²) in [6, 6.07) is 18.0. The number of amides is 1. The van der Waals surface area contributed by atoms with Gasteiger partial charge in [-0.1, -0.05) is 28.1 Å². The maximum Gasteiger partial charge on any atom is 0.257 e. The van der Waals surface area contributed by atoms with Gasteiger partial charge in [-0.2, -0.15) is 0 Å². The molecule has 4 rings (SSSR count). The van der Waals surface area contributed by atoms with Gasteiger partial charge in [-0.25, -0.2) is 0 Å². The molecule has 0 fully saturated rings. The molecule has 1 aliphatic heterocycles. The highest BCUT2D eigenvalue weighted by atomic mass is 79.9. The molecule has 1 atom stereocenters. The van der Waals surface area contributed by atoms with Crippen LogP contribution in [0.3, 0.4) is 0 Å². The van der Waals surface area contributed by atoms with E-state index in [2.05, 4.69) is 49.8 Å². The van der Waals surface area contributed by atoms with Crippen molar-refractivity contribution >= 4 is 27.5 Å². The molecular formula is C20H18BrN3O. The molecule has 3 aromatic rings. The number of hydrogen-bond donors (Lipinski definition) is 0. The van der Waals surface area contributed by atoms with Crippen LogP contribution in [-0.4, -0.2) is 29.5 Å². The Hall–Kier alpha value is -2.53. The minimum Gasteiger partial charge on any atom is -0.350 e. The van der Waals surface area contributed by atoms with Crippen LogP contribution in [0, 0.1) is 0 Å². The van der Waals surface area contributed by atoms with Crippen molar-refractivity contribution < 1.29 is 4.79 Å². The van der Waals surface area contributed by atoms with Gasteiger partial charge in [0.25, 0.3) is 5.91 Å². The molecule has 25 heavy (non-hydrogen) atoms. The molecule has 0 saturated heterocycles. The largest absolute Gasteiger partial charge is 0.350 e. The number of aromatic nitrogens is 1. The number of carbonyl (C=O) groups is 1. The smallest absolute Gasteiger partial charge is 0.257 e. The van der Waals surface area contributed by atoms with E-state index in [1.807, 2.05) is 56.7 Å². The molecule has 2 heterocycles. The Morgan fingerprint density at radius 1 is 0.920 bits per heavy atom. The molecule has 5 heteroatoms. The number of carbonyl (C=O) groups excluding carboxylic acids is 1. The molecule has 0 aliphatic carbocycles. The molecule has 0 spiro atoms. The van der Waals surface area contributed by atoms with Crippen LogP contribution in [-0.2, 0) is 0 Å². The third kappa shape index (κ3) is 2.65. The van der Waals surface area contributed by atoms with Crippen LogP contribution in [0.5, 0.6) is 0 Å². The lowest BCUT2D eigenvalue weighted by molar-refractivity contribution is 0.0711. The Morgan fingerprint density at radius 2 is 1.64 bits per heavy atom. The van der Waals surface area contributed by atoms with Crippen molar-refractivity contribution in [2.75, 3.05) is 19.0 Å². The summed E-state index contributed by atoms with van der Waals surface area (Å²) >= 11 is 3.46. The fourth-order valence-corrected chi connectivity index (χ4v) is 3.71. The Labute approximate surface area is 155 Å². The lowest BCUT2D eigenvalue weighted by Crippen LogP contribution is -2.45. The first kappa shape index (κ1) is 16.0. The zero-order valence-electron chi connectivity index (χ0n) is 14.1. The lowest BCUT2D eigenvalue weighted by Gasteiger charge is -2.41. The lowest BCUT2D eigenvalue weighted by atomic mass is 10.0. The van der Waals surface area contributed by atoms with Crippen LogP contribution in [0.25, 0.3) is 5.69 Å². The van der Waals surface area contributed by atoms with E-state index in [1.165, 1.54) is 0 Å². The summed E-state index contributed by atoms with van der Waals surface area (Å²) in [6.07, 6.45) is 3.99. The summed E-state index contributed by atoms with van der Waals surface area (Å²) in [5, 5.41) is 0. The Balaban J connectivity index is 1.73. The fourth-order valence-electron chi connectivity index (χ4n) is 3.44. The van der Waals surface area contributed by atoms with E-state index >= 15 is 0 Å². The third-order valence-corrected chi connectivity index (χ3v) is 5.24. The normalized spacial score (nSPS) is 16.9. The Bertz CT molecular complexity index is 932. The van der Waals surface area contributed by atoms with E-state index in [0.29, 0.717) is 0 Å². The monoisotopic (exact) mass is 395 g/mol. The van der Waals surface area contributed by atoms with E-state index in [-0.39, 0.29) is 12.1 Å². The number of hydrogen-bond acceptors (Lipinski definition) is 2. The number of fused-ring (bicyclic) bond motifs is 1. The Kier molecular flexibility index (Phi) is 3.88. The first-order valence-corrected chi connectivity index (χ1v) is 8.88. The standard InChI is InChI=1S/C20H18BrN3O/c1-22-18-6-4-3-5-17(18)20(25)23(2)19(22)14-11-12-24(13-14)16-9-7-15(21)8-10-16/h3-13,19H,1-2H3/t19-/m1/s1. The van der Waals surface area contributed by atoms with Crippen LogP contribution in [0.4, 0.5) is 5.69 Å². The second-order valence-electron chi connectivity index (χ2n) is 6.25. The van der Waals surface area contributed by atoms with Crippen LogP contribution < -0.4 is 4.90 Å². The van der Waals surface area contributed by atoms with Gasteiger partial charge in [0.2, 0.25) is 0 Å². The molecule has 126 valence electrons. The summed E-state index contributed by atoms with van der Waals surface area (Å²) < 4.78 is 3.13. The van der Waals surface area contributed by atoms with Crippen molar-refractivity contribution in [3.8, 4) is 5.69 Å². The first-order chi connectivity index (χ1) is 12.1. The van der Waals surface area contributed by atoms with Crippen molar-refractivity contribution in [2.24, 2.45) is 0 Å². The van der Waals surface area contributed by atoms with E-state index in [1.54, 1.807) is 4.90 Å². The van der Waals surface area contributed by atoms with Crippen molar-refractivity contribution in [3.05, 3.63) is 82.6 Å². The average molecular weight is 396 g/mol. The molecule has 0 bridgehead atoms. The highest BCUT2D eigenvalue weighted by Gasteiger charge is 2.34. The number of rotatable bonds is 2. The zero-order valence-corrected chi connectivity index (χ0v) is 15.6. The van der Waals surface area contributed by atoms with Gasteiger partial charge < -0.3 is 14.4 Å². The molecule has 0 N–H and O–H groups in total. The van der Waals surface area contributed by atoms with Gasteiger partial charge in [0.15, 0.2) is 0 Å². The molecule has 1 aromatic heterocycles. The number of halogens is 1. The van der Waals surface area contributed by atoms with Crippen molar-refractivity contribution in [3.63, 3.8) is 0 Å². The minimum atomic E-state index is -0.126. The second kappa shape index (κ2) is 6.08. The van der Waals surface area contributed by atoms with Gasteiger partial charge in [0.1, 0.15) is 6.17 Å². The van der Waals surface area contributed by atoms with Crippen molar-refractivity contribution in [1.82, 2.24) is 9.47 Å². The van der Waals surface area contributed by atoms with Gasteiger partial charge in [-0.05, 0) is 42.5 Å². The van der Waals surface area contributed by atoms with Gasteiger partial charge >= 0.3 is 0 Å². The highest BCUT2D eigenvalue weighted by Crippen LogP contribution is 2.36. The van der Waals surface area contributed by atoms with Gasteiger partial charge in [-0.3, -0.25) is 4.79 Å². The van der Waals surface area contributed by atoms with Crippen molar-refractivity contribution in [2.45, 2.75) is 6.17 Å². The van der Waals surface area contributed by atoms with Crippen LogP contribution >= 0.6 is 15.9 Å². The molecule has 4 nitrogen and oxygen atoms in total. The topological polar surface area (TPSA) is 28.5 Å². The molecule has 2 aromatic carbocycles. The fraction of sp³-hybridized carbons (Fsp3) is 0.150. The molecular weight excluding hydrogens is 378 g/mol. The highest BCUT2D eigenvalue weighted by molar-refractivity contribution is 9.10. The van der Waals surface area contributed by atoms with Gasteiger partial charge in [-0.15, -0.1) is 0 Å². The Morgan fingerprint density at radius 3 is 2.40 bits per heavy atom. The summed E-state index contributed by atoms with van der Waals surface area (Å²) in [5.74, 6) is 0.0510. The minimum absolute atomic E-state index is 0.0510. The summed E-state index contributed by atoms with van der Waals surface area (Å²) in [7, 11) is 3.89. The first-order valence-electron chi connectivity index (χ1n) is 8.09. The predicted octanol–water partition coefficient (Wildman–Crippen LogP) is 4.46. The number of nitrogens with zero attached hydrogens (tertiary/aromatic N) is 3. The quantitative estimate of drug-likeness (QED) is 0.640. The molecule has 1 aliphatic rings. The predicted molar refractivity (Wildman–Crippen MR) is 103 cm³/mol. The van der Waals surface area contributed by atoms with Crippen LogP contribution in [0.1, 0.15) is 22.1 Å². The maximum absolute atomic E-state index is 12.7. The van der Waals surface area contributed by atoms with Crippen molar-refractivity contribution in [1.29, 1.82) is 0 Å². The third-order valence-electron chi connectivity index (χ3n) is 4.71. The molecule has 0 unspecified atom stereocenters.